The molecule has 0 N–H and O–H groups in total. The second-order valence-corrected chi connectivity index (χ2v) is 3.73. The number of benzene rings is 1. The van der Waals surface area contributed by atoms with Gasteiger partial charge in [0.15, 0.2) is 0 Å². The van der Waals surface area contributed by atoms with Gasteiger partial charge in [-0.3, -0.25) is 19.9 Å². The summed E-state index contributed by atoms with van der Waals surface area (Å²) in [5.41, 5.74) is 0.654. The van der Waals surface area contributed by atoms with Gasteiger partial charge in [0.1, 0.15) is 5.69 Å². The van der Waals surface area contributed by atoms with Crippen molar-refractivity contribution in [2.24, 2.45) is 0 Å². The van der Waals surface area contributed by atoms with Crippen molar-refractivity contribution in [3.8, 4) is 0 Å². The number of hydrogen-bond acceptors (Lipinski definition) is 4. The van der Waals surface area contributed by atoms with Crippen molar-refractivity contribution in [2.45, 2.75) is 0 Å². The van der Waals surface area contributed by atoms with Gasteiger partial charge in [-0.1, -0.05) is 18.2 Å². The zero-order valence-corrected chi connectivity index (χ0v) is 9.89. The largest absolute Gasteiger partial charge is 0.288 e. The van der Waals surface area contributed by atoms with E-state index in [2.05, 4.69) is 4.98 Å². The third-order valence-electron chi connectivity index (χ3n) is 2.47. The van der Waals surface area contributed by atoms with Crippen molar-refractivity contribution in [3.05, 3.63) is 76.1 Å². The summed E-state index contributed by atoms with van der Waals surface area (Å²) in [6, 6.07) is 11.2. The molecule has 0 fully saturated rings. The number of carbonyl (C=O) groups is 1. The van der Waals surface area contributed by atoms with Gasteiger partial charge in [0.05, 0.1) is 10.5 Å². The molecule has 0 atom stereocenters. The highest BCUT2D eigenvalue weighted by molar-refractivity contribution is 6.05. The van der Waals surface area contributed by atoms with Gasteiger partial charge >= 0.3 is 0 Å². The summed E-state index contributed by atoms with van der Waals surface area (Å²) in [5, 5.41) is 10.8. The van der Waals surface area contributed by atoms with E-state index in [-0.39, 0.29) is 11.5 Å². The molecule has 1 aromatic carbocycles. The molecule has 0 spiro atoms. The van der Waals surface area contributed by atoms with Gasteiger partial charge in [-0.05, 0) is 30.4 Å². The van der Waals surface area contributed by atoms with E-state index < -0.39 is 4.92 Å². The summed E-state index contributed by atoms with van der Waals surface area (Å²) in [6.07, 6.45) is 4.23. The fourth-order valence-electron chi connectivity index (χ4n) is 1.55. The maximum atomic E-state index is 11.8. The standard InChI is InChI=1S/C14H10N2O3/c17-14(12-6-3-4-10-15-12)9-8-11-5-1-2-7-13(11)16(18)19/h1-10H. The highest BCUT2D eigenvalue weighted by Gasteiger charge is 2.10. The van der Waals surface area contributed by atoms with Crippen LogP contribution in [-0.4, -0.2) is 15.7 Å². The van der Waals surface area contributed by atoms with E-state index in [1.165, 1.54) is 24.4 Å². The van der Waals surface area contributed by atoms with Crippen LogP contribution in [0.4, 0.5) is 5.69 Å². The van der Waals surface area contributed by atoms with Crippen LogP contribution in [0.2, 0.25) is 0 Å². The van der Waals surface area contributed by atoms with Gasteiger partial charge in [0, 0.05) is 12.3 Å². The van der Waals surface area contributed by atoms with Crippen LogP contribution in [0.25, 0.3) is 6.08 Å². The lowest BCUT2D eigenvalue weighted by molar-refractivity contribution is -0.385. The molecule has 0 aliphatic carbocycles. The number of rotatable bonds is 4. The molecule has 0 saturated carbocycles. The van der Waals surface area contributed by atoms with Crippen LogP contribution in [-0.2, 0) is 0 Å². The van der Waals surface area contributed by atoms with E-state index >= 15 is 0 Å². The van der Waals surface area contributed by atoms with Crippen molar-refractivity contribution in [2.75, 3.05) is 0 Å². The summed E-state index contributed by atoms with van der Waals surface area (Å²) in [6.45, 7) is 0. The average Bonchev–Trinajstić information content (AvgIpc) is 2.46. The van der Waals surface area contributed by atoms with E-state index in [0.717, 1.165) is 0 Å². The quantitative estimate of drug-likeness (QED) is 0.364. The van der Waals surface area contributed by atoms with Gasteiger partial charge in [0.25, 0.3) is 5.69 Å². The van der Waals surface area contributed by atoms with Crippen LogP contribution in [0.5, 0.6) is 0 Å². The van der Waals surface area contributed by atoms with Gasteiger partial charge in [-0.25, -0.2) is 0 Å². The minimum Gasteiger partial charge on any atom is -0.288 e. The monoisotopic (exact) mass is 254 g/mol. The molecule has 1 aromatic heterocycles. The number of hydrogen-bond donors (Lipinski definition) is 0. The molecular weight excluding hydrogens is 244 g/mol. The number of aromatic nitrogens is 1. The Hall–Kier alpha value is -2.82. The van der Waals surface area contributed by atoms with Crippen molar-refractivity contribution in [1.82, 2.24) is 4.98 Å². The number of nitrogens with zero attached hydrogens (tertiary/aromatic N) is 2. The second-order valence-electron chi connectivity index (χ2n) is 3.73. The number of nitro groups is 1. The first-order chi connectivity index (χ1) is 9.18. The van der Waals surface area contributed by atoms with Crippen LogP contribution >= 0.6 is 0 Å². The van der Waals surface area contributed by atoms with Crippen LogP contribution < -0.4 is 0 Å². The lowest BCUT2D eigenvalue weighted by Crippen LogP contribution is -1.97. The average molecular weight is 254 g/mol. The number of nitro benzene ring substituents is 1. The number of pyridine rings is 1. The topological polar surface area (TPSA) is 73.1 Å². The predicted octanol–water partition coefficient (Wildman–Crippen LogP) is 2.89. The minimum atomic E-state index is -0.481. The normalized spacial score (nSPS) is 10.5. The Balaban J connectivity index is 2.24. The highest BCUT2D eigenvalue weighted by atomic mass is 16.6. The van der Waals surface area contributed by atoms with Crippen molar-refractivity contribution >= 4 is 17.5 Å². The maximum Gasteiger partial charge on any atom is 0.276 e. The molecule has 19 heavy (non-hydrogen) atoms. The van der Waals surface area contributed by atoms with Gasteiger partial charge < -0.3 is 0 Å². The van der Waals surface area contributed by atoms with E-state index in [1.807, 2.05) is 0 Å². The fourth-order valence-corrected chi connectivity index (χ4v) is 1.55. The Morgan fingerprint density at radius 1 is 1.16 bits per heavy atom. The molecule has 0 aliphatic heterocycles. The smallest absolute Gasteiger partial charge is 0.276 e. The van der Waals surface area contributed by atoms with Gasteiger partial charge in [-0.15, -0.1) is 0 Å². The van der Waals surface area contributed by atoms with Gasteiger partial charge in [0.2, 0.25) is 5.78 Å². The first-order valence-electron chi connectivity index (χ1n) is 5.55. The Morgan fingerprint density at radius 3 is 2.58 bits per heavy atom. The second kappa shape index (κ2) is 5.68. The zero-order chi connectivity index (χ0) is 13.7. The van der Waals surface area contributed by atoms with Crippen LogP contribution in [0.1, 0.15) is 16.1 Å². The first-order valence-corrected chi connectivity index (χ1v) is 5.55. The van der Waals surface area contributed by atoms with Crippen molar-refractivity contribution in [3.63, 3.8) is 0 Å². The molecule has 0 bridgehead atoms. The summed E-state index contributed by atoms with van der Waals surface area (Å²) in [5.74, 6) is -0.293. The molecular formula is C14H10N2O3. The molecule has 2 aromatic rings. The molecule has 0 unspecified atom stereocenters. The van der Waals surface area contributed by atoms with Crippen LogP contribution in [0.15, 0.2) is 54.7 Å². The zero-order valence-electron chi connectivity index (χ0n) is 9.89. The van der Waals surface area contributed by atoms with Crippen molar-refractivity contribution in [1.29, 1.82) is 0 Å². The van der Waals surface area contributed by atoms with E-state index in [9.17, 15) is 14.9 Å². The highest BCUT2D eigenvalue weighted by Crippen LogP contribution is 2.19. The van der Waals surface area contributed by atoms with E-state index in [1.54, 1.807) is 36.4 Å². The Kier molecular flexibility index (Phi) is 3.78. The molecule has 2 rings (SSSR count). The third kappa shape index (κ3) is 3.10. The van der Waals surface area contributed by atoms with Gasteiger partial charge in [-0.2, -0.15) is 0 Å². The minimum absolute atomic E-state index is 0.0347. The lowest BCUT2D eigenvalue weighted by atomic mass is 10.1. The SMILES string of the molecule is O=C(C=Cc1ccccc1[N+](=O)[O-])c1ccccn1. The van der Waals surface area contributed by atoms with E-state index in [4.69, 9.17) is 0 Å². The number of ketones is 1. The van der Waals surface area contributed by atoms with Crippen LogP contribution in [0, 0.1) is 10.1 Å². The number of allylic oxidation sites excluding steroid dienone is 1. The third-order valence-corrected chi connectivity index (χ3v) is 2.47. The Morgan fingerprint density at radius 2 is 1.89 bits per heavy atom. The molecule has 0 amide bonds. The summed E-state index contributed by atoms with van der Waals surface area (Å²) < 4.78 is 0. The molecule has 5 heteroatoms. The molecule has 1 heterocycles. The Labute approximate surface area is 109 Å². The molecule has 94 valence electrons. The van der Waals surface area contributed by atoms with Crippen LogP contribution in [0.3, 0.4) is 0 Å². The molecule has 0 saturated heterocycles. The first kappa shape index (κ1) is 12.6. The molecule has 0 aliphatic rings. The van der Waals surface area contributed by atoms with Crippen molar-refractivity contribution < 1.29 is 9.72 Å². The summed E-state index contributed by atoms with van der Waals surface area (Å²) in [4.78, 5) is 26.0. The molecule has 5 nitrogen and oxygen atoms in total. The number of para-hydroxylation sites is 1. The number of carbonyl (C=O) groups excluding carboxylic acids is 1. The maximum absolute atomic E-state index is 11.8. The Bertz CT molecular complexity index is 636. The fraction of sp³-hybridized carbons (Fsp3) is 0. The summed E-state index contributed by atoms with van der Waals surface area (Å²) >= 11 is 0. The molecule has 0 radical (unpaired) electrons. The summed E-state index contributed by atoms with van der Waals surface area (Å²) in [7, 11) is 0. The van der Waals surface area contributed by atoms with E-state index in [0.29, 0.717) is 11.3 Å². The predicted molar refractivity (Wildman–Crippen MR) is 70.7 cm³/mol. The lowest BCUT2D eigenvalue weighted by Gasteiger charge is -1.96.